The summed E-state index contributed by atoms with van der Waals surface area (Å²) in [7, 11) is 0. The van der Waals surface area contributed by atoms with E-state index in [1.165, 1.54) is 0 Å². The third-order valence-electron chi connectivity index (χ3n) is 4.47. The summed E-state index contributed by atoms with van der Waals surface area (Å²) < 4.78 is 11.3. The van der Waals surface area contributed by atoms with Crippen LogP contribution in [0.5, 0.6) is 11.5 Å². The smallest absolute Gasteiger partial charge is 0.178 e. The van der Waals surface area contributed by atoms with E-state index >= 15 is 0 Å². The number of aryl methyl sites for hydroxylation is 1. The largest absolute Gasteiger partial charge is 0.507 e. The molecule has 4 aromatic rings. The molecule has 28 heavy (non-hydrogen) atoms. The van der Waals surface area contributed by atoms with Gasteiger partial charge in [0.25, 0.3) is 0 Å². The standard InChI is InChI=1S/C23H18ClNO3/c1-15-22(18-9-5-6-10-20(18)24)23(28-25-15)19-12-11-17(13-21(19)26)27-14-16-7-3-2-4-8-16/h2-13,26H,14H2,1H3. The molecule has 3 aromatic carbocycles. The third-order valence-corrected chi connectivity index (χ3v) is 4.80. The zero-order valence-corrected chi connectivity index (χ0v) is 16.0. The van der Waals surface area contributed by atoms with Crippen LogP contribution in [0.2, 0.25) is 5.02 Å². The number of ether oxygens (including phenoxy) is 1. The Morgan fingerprint density at radius 1 is 0.964 bits per heavy atom. The molecule has 0 aliphatic heterocycles. The fraction of sp³-hybridized carbons (Fsp3) is 0.0870. The second-order valence-corrected chi connectivity index (χ2v) is 6.81. The van der Waals surface area contributed by atoms with Crippen LogP contribution in [0.3, 0.4) is 0 Å². The number of phenols is 1. The fourth-order valence-electron chi connectivity index (χ4n) is 3.07. The number of phenolic OH excluding ortho intramolecular Hbond substituents is 1. The van der Waals surface area contributed by atoms with E-state index in [4.69, 9.17) is 20.9 Å². The Morgan fingerprint density at radius 2 is 1.71 bits per heavy atom. The van der Waals surface area contributed by atoms with Crippen molar-refractivity contribution in [1.82, 2.24) is 5.16 Å². The average Bonchev–Trinajstić information content (AvgIpc) is 3.09. The first-order valence-electron chi connectivity index (χ1n) is 8.85. The van der Waals surface area contributed by atoms with Crippen molar-refractivity contribution in [3.63, 3.8) is 0 Å². The van der Waals surface area contributed by atoms with Crippen LogP contribution in [0, 0.1) is 6.92 Å². The van der Waals surface area contributed by atoms with E-state index in [1.54, 1.807) is 18.2 Å². The van der Waals surface area contributed by atoms with Gasteiger partial charge in [0.15, 0.2) is 5.76 Å². The molecule has 5 heteroatoms. The number of hydrogen-bond acceptors (Lipinski definition) is 4. The molecule has 0 saturated carbocycles. The Balaban J connectivity index is 1.65. The first-order chi connectivity index (χ1) is 13.6. The number of rotatable bonds is 5. The molecule has 1 heterocycles. The number of halogens is 1. The lowest BCUT2D eigenvalue weighted by molar-refractivity contribution is 0.304. The summed E-state index contributed by atoms with van der Waals surface area (Å²) in [6.45, 7) is 2.27. The maximum atomic E-state index is 10.6. The molecule has 4 nitrogen and oxygen atoms in total. The molecule has 0 amide bonds. The summed E-state index contributed by atoms with van der Waals surface area (Å²) in [5.41, 5.74) is 3.85. The zero-order chi connectivity index (χ0) is 19.5. The summed E-state index contributed by atoms with van der Waals surface area (Å²) in [6, 6.07) is 22.5. The molecule has 140 valence electrons. The Kier molecular flexibility index (Phi) is 5.04. The lowest BCUT2D eigenvalue weighted by atomic mass is 9.99. The minimum atomic E-state index is 0.0509. The summed E-state index contributed by atoms with van der Waals surface area (Å²) >= 11 is 6.36. The van der Waals surface area contributed by atoms with Crippen molar-refractivity contribution in [2.24, 2.45) is 0 Å². The molecule has 0 atom stereocenters. The van der Waals surface area contributed by atoms with Gasteiger partial charge in [-0.1, -0.05) is 65.3 Å². The summed E-state index contributed by atoms with van der Waals surface area (Å²) in [6.07, 6.45) is 0. The number of nitrogens with zero attached hydrogens (tertiary/aromatic N) is 1. The van der Waals surface area contributed by atoms with E-state index in [-0.39, 0.29) is 5.75 Å². The topological polar surface area (TPSA) is 55.5 Å². The van der Waals surface area contributed by atoms with Gasteiger partial charge < -0.3 is 14.4 Å². The molecular formula is C23H18ClNO3. The van der Waals surface area contributed by atoms with E-state index < -0.39 is 0 Å². The van der Waals surface area contributed by atoms with Crippen molar-refractivity contribution in [3.8, 4) is 33.9 Å². The number of benzene rings is 3. The van der Waals surface area contributed by atoms with Gasteiger partial charge in [0.05, 0.1) is 16.8 Å². The van der Waals surface area contributed by atoms with Crippen LogP contribution < -0.4 is 4.74 Å². The SMILES string of the molecule is Cc1noc(-c2ccc(OCc3ccccc3)cc2O)c1-c1ccccc1Cl. The first-order valence-corrected chi connectivity index (χ1v) is 9.22. The maximum absolute atomic E-state index is 10.6. The van der Waals surface area contributed by atoms with Gasteiger partial charge in [-0.15, -0.1) is 0 Å². The van der Waals surface area contributed by atoms with Crippen molar-refractivity contribution in [3.05, 3.63) is 89.1 Å². The molecule has 1 aromatic heterocycles. The normalized spacial score (nSPS) is 10.8. The monoisotopic (exact) mass is 391 g/mol. The highest BCUT2D eigenvalue weighted by molar-refractivity contribution is 6.33. The van der Waals surface area contributed by atoms with Crippen LogP contribution >= 0.6 is 11.6 Å². The van der Waals surface area contributed by atoms with Crippen LogP contribution in [0.4, 0.5) is 0 Å². The van der Waals surface area contributed by atoms with Gasteiger partial charge in [0.1, 0.15) is 18.1 Å². The fourth-order valence-corrected chi connectivity index (χ4v) is 3.30. The van der Waals surface area contributed by atoms with E-state index in [1.807, 2.05) is 61.5 Å². The second kappa shape index (κ2) is 7.79. The molecule has 0 aliphatic rings. The zero-order valence-electron chi connectivity index (χ0n) is 15.2. The van der Waals surface area contributed by atoms with Crippen molar-refractivity contribution in [1.29, 1.82) is 0 Å². The van der Waals surface area contributed by atoms with E-state index in [0.717, 1.165) is 16.7 Å². The molecule has 0 radical (unpaired) electrons. The molecule has 1 N–H and O–H groups in total. The molecule has 0 aliphatic carbocycles. The van der Waals surface area contributed by atoms with Crippen molar-refractivity contribution >= 4 is 11.6 Å². The van der Waals surface area contributed by atoms with E-state index in [2.05, 4.69) is 5.16 Å². The Hall–Kier alpha value is -3.24. The molecule has 0 spiro atoms. The lowest BCUT2D eigenvalue weighted by Gasteiger charge is -2.10. The van der Waals surface area contributed by atoms with E-state index in [9.17, 15) is 5.11 Å². The van der Waals surface area contributed by atoms with Gasteiger partial charge in [0, 0.05) is 16.7 Å². The Labute approximate surface area is 168 Å². The lowest BCUT2D eigenvalue weighted by Crippen LogP contribution is -1.95. The molecule has 4 rings (SSSR count). The predicted molar refractivity (Wildman–Crippen MR) is 110 cm³/mol. The molecular weight excluding hydrogens is 374 g/mol. The van der Waals surface area contributed by atoms with Crippen LogP contribution in [0.15, 0.2) is 77.3 Å². The Bertz CT molecular complexity index is 1110. The molecule has 0 saturated heterocycles. The molecule has 0 bridgehead atoms. The summed E-state index contributed by atoms with van der Waals surface area (Å²) in [5, 5.41) is 15.3. The van der Waals surface area contributed by atoms with E-state index in [0.29, 0.717) is 34.4 Å². The van der Waals surface area contributed by atoms with Crippen LogP contribution in [-0.4, -0.2) is 10.3 Å². The number of aromatic hydroxyl groups is 1. The minimum absolute atomic E-state index is 0.0509. The van der Waals surface area contributed by atoms with Crippen molar-refractivity contribution in [2.75, 3.05) is 0 Å². The molecule has 0 unspecified atom stereocenters. The minimum Gasteiger partial charge on any atom is -0.507 e. The number of aromatic nitrogens is 1. The summed E-state index contributed by atoms with van der Waals surface area (Å²) in [5.74, 6) is 1.09. The second-order valence-electron chi connectivity index (χ2n) is 6.41. The first kappa shape index (κ1) is 18.1. The highest BCUT2D eigenvalue weighted by atomic mass is 35.5. The van der Waals surface area contributed by atoms with Crippen molar-refractivity contribution in [2.45, 2.75) is 13.5 Å². The highest BCUT2D eigenvalue weighted by Gasteiger charge is 2.21. The van der Waals surface area contributed by atoms with Crippen LogP contribution in [0.1, 0.15) is 11.3 Å². The van der Waals surface area contributed by atoms with Crippen molar-refractivity contribution < 1.29 is 14.4 Å². The molecule has 0 fully saturated rings. The van der Waals surface area contributed by atoms with Gasteiger partial charge in [-0.2, -0.15) is 0 Å². The highest BCUT2D eigenvalue weighted by Crippen LogP contribution is 2.42. The average molecular weight is 392 g/mol. The summed E-state index contributed by atoms with van der Waals surface area (Å²) in [4.78, 5) is 0. The van der Waals surface area contributed by atoms with Gasteiger partial charge in [-0.25, -0.2) is 0 Å². The van der Waals surface area contributed by atoms with Crippen LogP contribution in [0.25, 0.3) is 22.5 Å². The van der Waals surface area contributed by atoms with Gasteiger partial charge in [0.2, 0.25) is 0 Å². The maximum Gasteiger partial charge on any atom is 0.178 e. The third kappa shape index (κ3) is 3.59. The van der Waals surface area contributed by atoms with Gasteiger partial charge >= 0.3 is 0 Å². The predicted octanol–water partition coefficient (Wildman–Crippen LogP) is 6.26. The Morgan fingerprint density at radius 3 is 2.46 bits per heavy atom. The van der Waals surface area contributed by atoms with Crippen LogP contribution in [-0.2, 0) is 6.61 Å². The van der Waals surface area contributed by atoms with Gasteiger partial charge in [-0.3, -0.25) is 0 Å². The number of hydrogen-bond donors (Lipinski definition) is 1. The quantitative estimate of drug-likeness (QED) is 0.436. The van der Waals surface area contributed by atoms with Gasteiger partial charge in [-0.05, 0) is 30.7 Å².